The SMILES string of the molecule is O=C1CC(C(=O)NCc2cc(F)cc(F)c2)Cc2nc(NC(=O)c3c(F)cccc3Cl)sc21. The van der Waals surface area contributed by atoms with Crippen LogP contribution in [0.3, 0.4) is 0 Å². The minimum absolute atomic E-state index is 0.0696. The van der Waals surface area contributed by atoms with Gasteiger partial charge in [0.15, 0.2) is 10.9 Å². The number of nitrogens with zero attached hydrogens (tertiary/aromatic N) is 1. The van der Waals surface area contributed by atoms with Gasteiger partial charge in [-0.25, -0.2) is 18.2 Å². The highest BCUT2D eigenvalue weighted by molar-refractivity contribution is 7.17. The summed E-state index contributed by atoms with van der Waals surface area (Å²) in [7, 11) is 0. The Hall–Kier alpha value is -3.24. The first-order valence-electron chi connectivity index (χ1n) is 9.72. The van der Waals surface area contributed by atoms with Crippen molar-refractivity contribution < 1.29 is 27.6 Å². The number of benzene rings is 2. The minimum atomic E-state index is -0.812. The highest BCUT2D eigenvalue weighted by atomic mass is 35.5. The summed E-state index contributed by atoms with van der Waals surface area (Å²) < 4.78 is 40.6. The van der Waals surface area contributed by atoms with Crippen molar-refractivity contribution in [2.24, 2.45) is 5.92 Å². The van der Waals surface area contributed by atoms with E-state index in [9.17, 15) is 27.6 Å². The van der Waals surface area contributed by atoms with E-state index in [1.54, 1.807) is 0 Å². The number of carbonyl (C=O) groups is 3. The lowest BCUT2D eigenvalue weighted by molar-refractivity contribution is -0.125. The average Bonchev–Trinajstić information content (AvgIpc) is 3.14. The molecule has 4 rings (SSSR count). The standard InChI is InChI=1S/C22H15ClF3N3O3S/c23-14-2-1-3-15(26)18(14)21(32)29-22-28-16-6-11(7-17(30)19(16)33-22)20(31)27-9-10-4-12(24)8-13(25)5-10/h1-5,8,11H,6-7,9H2,(H,27,31)(H,28,29,32). The van der Waals surface area contributed by atoms with E-state index >= 15 is 0 Å². The van der Waals surface area contributed by atoms with Crippen LogP contribution >= 0.6 is 22.9 Å². The number of carbonyl (C=O) groups excluding carboxylic acids is 3. The van der Waals surface area contributed by atoms with Crippen LogP contribution in [0.5, 0.6) is 0 Å². The van der Waals surface area contributed by atoms with Crippen molar-refractivity contribution >= 4 is 45.7 Å². The van der Waals surface area contributed by atoms with Gasteiger partial charge in [-0.2, -0.15) is 0 Å². The molecule has 0 fully saturated rings. The Labute approximate surface area is 194 Å². The van der Waals surface area contributed by atoms with Gasteiger partial charge >= 0.3 is 0 Å². The average molecular weight is 494 g/mol. The number of Topliss-reactive ketones (excluding diaryl/α,β-unsaturated/α-hetero) is 1. The molecule has 0 saturated heterocycles. The molecule has 1 aromatic heterocycles. The van der Waals surface area contributed by atoms with Gasteiger partial charge < -0.3 is 5.32 Å². The maximum Gasteiger partial charge on any atom is 0.261 e. The Morgan fingerprint density at radius 2 is 1.85 bits per heavy atom. The largest absolute Gasteiger partial charge is 0.352 e. The number of fused-ring (bicyclic) bond motifs is 1. The first-order valence-corrected chi connectivity index (χ1v) is 10.9. The summed E-state index contributed by atoms with van der Waals surface area (Å²) >= 11 is 6.83. The number of thiazole rings is 1. The van der Waals surface area contributed by atoms with Crippen molar-refractivity contribution in [1.82, 2.24) is 10.3 Å². The lowest BCUT2D eigenvalue weighted by Gasteiger charge is -2.19. The van der Waals surface area contributed by atoms with Gasteiger partial charge in [0.2, 0.25) is 5.91 Å². The van der Waals surface area contributed by atoms with Crippen LogP contribution in [-0.4, -0.2) is 22.6 Å². The van der Waals surface area contributed by atoms with Gasteiger partial charge in [0.1, 0.15) is 17.5 Å². The second-order valence-corrected chi connectivity index (χ2v) is 8.78. The second-order valence-electron chi connectivity index (χ2n) is 7.37. The van der Waals surface area contributed by atoms with Gasteiger partial charge in [0, 0.05) is 25.5 Å². The molecule has 33 heavy (non-hydrogen) atoms. The van der Waals surface area contributed by atoms with Crippen molar-refractivity contribution in [1.29, 1.82) is 0 Å². The van der Waals surface area contributed by atoms with Gasteiger partial charge in [-0.05, 0) is 29.8 Å². The van der Waals surface area contributed by atoms with Gasteiger partial charge in [0.25, 0.3) is 5.91 Å². The molecule has 2 aromatic carbocycles. The number of ketones is 1. The normalized spacial score (nSPS) is 15.2. The molecule has 2 amide bonds. The van der Waals surface area contributed by atoms with E-state index in [2.05, 4.69) is 15.6 Å². The predicted molar refractivity (Wildman–Crippen MR) is 116 cm³/mol. The third-order valence-electron chi connectivity index (χ3n) is 4.99. The number of halogens is 4. The summed E-state index contributed by atoms with van der Waals surface area (Å²) in [5, 5.41) is 5.02. The van der Waals surface area contributed by atoms with Crippen molar-refractivity contribution in [2.45, 2.75) is 19.4 Å². The van der Waals surface area contributed by atoms with Crippen molar-refractivity contribution in [3.8, 4) is 0 Å². The van der Waals surface area contributed by atoms with Crippen LogP contribution in [0.15, 0.2) is 36.4 Å². The molecule has 0 spiro atoms. The molecule has 3 aromatic rings. The van der Waals surface area contributed by atoms with E-state index in [0.29, 0.717) is 10.6 Å². The molecule has 1 aliphatic rings. The smallest absolute Gasteiger partial charge is 0.261 e. The van der Waals surface area contributed by atoms with Crippen LogP contribution in [-0.2, 0) is 17.8 Å². The Morgan fingerprint density at radius 1 is 1.12 bits per heavy atom. The Balaban J connectivity index is 1.44. The Bertz CT molecular complexity index is 1240. The summed E-state index contributed by atoms with van der Waals surface area (Å²) in [5.74, 6) is -4.64. The molecule has 1 aliphatic carbocycles. The molecule has 0 radical (unpaired) electrons. The molecular weight excluding hydrogens is 479 g/mol. The number of nitrogens with one attached hydrogen (secondary N) is 2. The number of hydrogen-bond donors (Lipinski definition) is 2. The number of rotatable bonds is 5. The fourth-order valence-electron chi connectivity index (χ4n) is 3.49. The highest BCUT2D eigenvalue weighted by Gasteiger charge is 2.33. The van der Waals surface area contributed by atoms with Crippen LogP contribution in [0.1, 0.15) is 37.7 Å². The summed E-state index contributed by atoms with van der Waals surface area (Å²) in [4.78, 5) is 42.0. The third kappa shape index (κ3) is 5.07. The lowest BCUT2D eigenvalue weighted by Crippen LogP contribution is -2.35. The number of amides is 2. The predicted octanol–water partition coefficient (Wildman–Crippen LogP) is 4.53. The molecule has 1 heterocycles. The maximum absolute atomic E-state index is 14.0. The van der Waals surface area contributed by atoms with Gasteiger partial charge in [-0.1, -0.05) is 29.0 Å². The van der Waals surface area contributed by atoms with Crippen LogP contribution < -0.4 is 10.6 Å². The van der Waals surface area contributed by atoms with E-state index < -0.39 is 35.2 Å². The van der Waals surface area contributed by atoms with Crippen molar-refractivity contribution in [2.75, 3.05) is 5.32 Å². The molecular formula is C22H15ClF3N3O3S. The van der Waals surface area contributed by atoms with E-state index in [-0.39, 0.29) is 46.5 Å². The number of aromatic nitrogens is 1. The monoisotopic (exact) mass is 493 g/mol. The van der Waals surface area contributed by atoms with E-state index in [1.807, 2.05) is 0 Å². The number of hydrogen-bond acceptors (Lipinski definition) is 5. The van der Waals surface area contributed by atoms with Crippen LogP contribution in [0, 0.1) is 23.4 Å². The van der Waals surface area contributed by atoms with Gasteiger partial charge in [-0.3, -0.25) is 19.7 Å². The molecule has 0 aliphatic heterocycles. The zero-order valence-corrected chi connectivity index (χ0v) is 18.3. The van der Waals surface area contributed by atoms with Crippen LogP contribution in [0.25, 0.3) is 0 Å². The maximum atomic E-state index is 14.0. The van der Waals surface area contributed by atoms with Crippen LogP contribution in [0.2, 0.25) is 5.02 Å². The van der Waals surface area contributed by atoms with Gasteiger partial charge in [-0.15, -0.1) is 0 Å². The molecule has 1 atom stereocenters. The Morgan fingerprint density at radius 3 is 2.55 bits per heavy atom. The van der Waals surface area contributed by atoms with Crippen LogP contribution in [0.4, 0.5) is 18.3 Å². The quantitative estimate of drug-likeness (QED) is 0.546. The molecule has 2 N–H and O–H groups in total. The first kappa shape index (κ1) is 22.9. The molecule has 6 nitrogen and oxygen atoms in total. The zero-order valence-electron chi connectivity index (χ0n) is 16.8. The summed E-state index contributed by atoms with van der Waals surface area (Å²) in [6, 6.07) is 6.77. The van der Waals surface area contributed by atoms with E-state index in [4.69, 9.17) is 11.6 Å². The summed E-state index contributed by atoms with van der Waals surface area (Å²) in [6.45, 7) is -0.104. The summed E-state index contributed by atoms with van der Waals surface area (Å²) in [5.41, 5.74) is 0.238. The van der Waals surface area contributed by atoms with Crippen molar-refractivity contribution in [3.63, 3.8) is 0 Å². The topological polar surface area (TPSA) is 88.2 Å². The zero-order chi connectivity index (χ0) is 23.7. The minimum Gasteiger partial charge on any atom is -0.352 e. The molecule has 11 heteroatoms. The number of anilines is 1. The first-order chi connectivity index (χ1) is 15.7. The van der Waals surface area contributed by atoms with E-state index in [0.717, 1.165) is 35.6 Å². The Kier molecular flexibility index (Phi) is 6.48. The van der Waals surface area contributed by atoms with E-state index in [1.165, 1.54) is 12.1 Å². The second kappa shape index (κ2) is 9.32. The fraction of sp³-hybridized carbons (Fsp3) is 0.182. The molecule has 1 unspecified atom stereocenters. The summed E-state index contributed by atoms with van der Waals surface area (Å²) in [6.07, 6.45) is 0.0578. The fourth-order valence-corrected chi connectivity index (χ4v) is 4.68. The molecule has 0 saturated carbocycles. The van der Waals surface area contributed by atoms with Crippen molar-refractivity contribution in [3.05, 3.63) is 80.6 Å². The van der Waals surface area contributed by atoms with Gasteiger partial charge in [0.05, 0.1) is 27.1 Å². The third-order valence-corrected chi connectivity index (χ3v) is 6.36. The lowest BCUT2D eigenvalue weighted by atomic mass is 9.89. The molecule has 170 valence electrons. The highest BCUT2D eigenvalue weighted by Crippen LogP contribution is 2.33. The molecule has 0 bridgehead atoms.